The van der Waals surface area contributed by atoms with Gasteiger partial charge in [0.1, 0.15) is 0 Å². The number of nitriles is 1. The minimum Gasteiger partial charge on any atom is -0.450 e. The highest BCUT2D eigenvalue weighted by Crippen LogP contribution is 2.19. The second kappa shape index (κ2) is 6.96. The summed E-state index contributed by atoms with van der Waals surface area (Å²) in [4.78, 5) is 11.3. The van der Waals surface area contributed by atoms with Crippen LogP contribution in [-0.4, -0.2) is 12.7 Å². The van der Waals surface area contributed by atoms with Gasteiger partial charge in [-0.05, 0) is 55.5 Å². The summed E-state index contributed by atoms with van der Waals surface area (Å²) in [6.07, 6.45) is -0.467. The Hall–Kier alpha value is -3.00. The van der Waals surface area contributed by atoms with E-state index in [1.807, 2.05) is 24.3 Å². The Morgan fingerprint density at radius 3 is 2.10 bits per heavy atom. The molecule has 0 aromatic heterocycles. The molecular weight excluding hydrogens is 266 g/mol. The Morgan fingerprint density at radius 1 is 1.05 bits per heavy atom. The van der Waals surface area contributed by atoms with Gasteiger partial charge in [0.25, 0.3) is 0 Å². The zero-order chi connectivity index (χ0) is 15.1. The SMILES string of the molecule is CCOC(=O)Nc1ccc(Nc2ccc(C#N)cc2)cc1. The van der Waals surface area contributed by atoms with Crippen molar-refractivity contribution in [2.24, 2.45) is 0 Å². The fourth-order valence-electron chi connectivity index (χ4n) is 1.72. The third-order valence-corrected chi connectivity index (χ3v) is 2.71. The van der Waals surface area contributed by atoms with Crippen LogP contribution < -0.4 is 10.6 Å². The third kappa shape index (κ3) is 4.25. The molecule has 2 rings (SSSR count). The highest BCUT2D eigenvalue weighted by Gasteiger charge is 2.01. The van der Waals surface area contributed by atoms with Crippen LogP contribution in [0.1, 0.15) is 12.5 Å². The Bertz CT molecular complexity index is 643. The fraction of sp³-hybridized carbons (Fsp3) is 0.125. The number of rotatable bonds is 4. The van der Waals surface area contributed by atoms with Gasteiger partial charge in [0, 0.05) is 17.1 Å². The van der Waals surface area contributed by atoms with Crippen molar-refractivity contribution in [2.75, 3.05) is 17.2 Å². The second-order valence-corrected chi connectivity index (χ2v) is 4.24. The Balaban J connectivity index is 1.98. The molecule has 5 nitrogen and oxygen atoms in total. The van der Waals surface area contributed by atoms with Gasteiger partial charge in [-0.25, -0.2) is 4.79 Å². The molecule has 0 unspecified atom stereocenters. The lowest BCUT2D eigenvalue weighted by Gasteiger charge is -2.08. The predicted octanol–water partition coefficient (Wildman–Crippen LogP) is 3.87. The van der Waals surface area contributed by atoms with Gasteiger partial charge in [-0.1, -0.05) is 0 Å². The zero-order valence-electron chi connectivity index (χ0n) is 11.6. The number of hydrogen-bond donors (Lipinski definition) is 2. The maximum Gasteiger partial charge on any atom is 0.411 e. The van der Waals surface area contributed by atoms with Crippen LogP contribution in [0.2, 0.25) is 0 Å². The van der Waals surface area contributed by atoms with E-state index in [2.05, 4.69) is 16.7 Å². The number of benzene rings is 2. The first-order valence-electron chi connectivity index (χ1n) is 6.52. The quantitative estimate of drug-likeness (QED) is 0.892. The molecule has 0 saturated carbocycles. The summed E-state index contributed by atoms with van der Waals surface area (Å²) in [7, 11) is 0. The van der Waals surface area contributed by atoms with Crippen molar-refractivity contribution in [2.45, 2.75) is 6.92 Å². The molecule has 0 aliphatic heterocycles. The highest BCUT2D eigenvalue weighted by atomic mass is 16.5. The van der Waals surface area contributed by atoms with E-state index in [1.54, 1.807) is 31.2 Å². The minimum atomic E-state index is -0.467. The molecule has 0 atom stereocenters. The first-order valence-corrected chi connectivity index (χ1v) is 6.52. The zero-order valence-corrected chi connectivity index (χ0v) is 11.6. The summed E-state index contributed by atoms with van der Waals surface area (Å²) in [5.41, 5.74) is 3.06. The molecule has 2 aromatic carbocycles. The van der Waals surface area contributed by atoms with Crippen LogP contribution in [0.4, 0.5) is 21.9 Å². The molecule has 1 amide bonds. The number of carbonyl (C=O) groups is 1. The van der Waals surface area contributed by atoms with E-state index in [-0.39, 0.29) is 0 Å². The molecule has 2 N–H and O–H groups in total. The molecule has 21 heavy (non-hydrogen) atoms. The van der Waals surface area contributed by atoms with E-state index in [1.165, 1.54) is 0 Å². The van der Waals surface area contributed by atoms with Crippen LogP contribution in [0.15, 0.2) is 48.5 Å². The Labute approximate surface area is 123 Å². The largest absolute Gasteiger partial charge is 0.450 e. The smallest absolute Gasteiger partial charge is 0.411 e. The lowest BCUT2D eigenvalue weighted by atomic mass is 10.2. The van der Waals surface area contributed by atoms with Gasteiger partial charge in [-0.15, -0.1) is 0 Å². The summed E-state index contributed by atoms with van der Waals surface area (Å²) in [5.74, 6) is 0. The van der Waals surface area contributed by atoms with Gasteiger partial charge < -0.3 is 10.1 Å². The van der Waals surface area contributed by atoms with Crippen molar-refractivity contribution in [1.82, 2.24) is 0 Å². The Morgan fingerprint density at radius 2 is 1.57 bits per heavy atom. The van der Waals surface area contributed by atoms with E-state index in [0.717, 1.165) is 11.4 Å². The van der Waals surface area contributed by atoms with Gasteiger partial charge in [-0.2, -0.15) is 5.26 Å². The fourth-order valence-corrected chi connectivity index (χ4v) is 1.72. The molecule has 0 heterocycles. The number of nitrogens with zero attached hydrogens (tertiary/aromatic N) is 1. The van der Waals surface area contributed by atoms with Crippen molar-refractivity contribution < 1.29 is 9.53 Å². The maximum atomic E-state index is 11.3. The van der Waals surface area contributed by atoms with Crippen molar-refractivity contribution in [1.29, 1.82) is 5.26 Å². The topological polar surface area (TPSA) is 74.2 Å². The van der Waals surface area contributed by atoms with Crippen LogP contribution in [-0.2, 0) is 4.74 Å². The number of amides is 1. The molecule has 0 spiro atoms. The number of ether oxygens (including phenoxy) is 1. The number of anilines is 3. The first kappa shape index (κ1) is 14.4. The average molecular weight is 281 g/mol. The number of hydrogen-bond acceptors (Lipinski definition) is 4. The van der Waals surface area contributed by atoms with Crippen LogP contribution in [0.3, 0.4) is 0 Å². The lowest BCUT2D eigenvalue weighted by molar-refractivity contribution is 0.168. The van der Waals surface area contributed by atoms with Crippen LogP contribution in [0, 0.1) is 11.3 Å². The van der Waals surface area contributed by atoms with E-state index in [4.69, 9.17) is 10.00 Å². The molecular formula is C16H15N3O2. The van der Waals surface area contributed by atoms with Gasteiger partial charge in [-0.3, -0.25) is 5.32 Å². The van der Waals surface area contributed by atoms with Crippen LogP contribution in [0.5, 0.6) is 0 Å². The molecule has 0 aliphatic rings. The molecule has 0 saturated heterocycles. The molecule has 0 fully saturated rings. The van der Waals surface area contributed by atoms with Gasteiger partial charge in [0.05, 0.1) is 18.2 Å². The van der Waals surface area contributed by atoms with E-state index < -0.39 is 6.09 Å². The standard InChI is InChI=1S/C16H15N3O2/c1-2-21-16(20)19-15-9-7-14(8-10-15)18-13-5-3-12(11-17)4-6-13/h3-10,18H,2H2,1H3,(H,19,20). The van der Waals surface area contributed by atoms with Gasteiger partial charge >= 0.3 is 6.09 Å². The minimum absolute atomic E-state index is 0.337. The lowest BCUT2D eigenvalue weighted by Crippen LogP contribution is -2.13. The molecule has 2 aromatic rings. The predicted molar refractivity (Wildman–Crippen MR) is 81.5 cm³/mol. The monoisotopic (exact) mass is 281 g/mol. The van der Waals surface area contributed by atoms with Crippen LogP contribution >= 0.6 is 0 Å². The third-order valence-electron chi connectivity index (χ3n) is 2.71. The molecule has 0 bridgehead atoms. The van der Waals surface area contributed by atoms with Gasteiger partial charge in [0.2, 0.25) is 0 Å². The van der Waals surface area contributed by atoms with Crippen molar-refractivity contribution in [3.63, 3.8) is 0 Å². The molecule has 5 heteroatoms. The molecule has 0 aliphatic carbocycles. The maximum absolute atomic E-state index is 11.3. The highest BCUT2D eigenvalue weighted by molar-refractivity contribution is 5.84. The first-order chi connectivity index (χ1) is 10.2. The van der Waals surface area contributed by atoms with E-state index in [9.17, 15) is 4.79 Å². The van der Waals surface area contributed by atoms with Crippen LogP contribution in [0.25, 0.3) is 0 Å². The van der Waals surface area contributed by atoms with E-state index >= 15 is 0 Å². The average Bonchev–Trinajstić information content (AvgIpc) is 2.50. The summed E-state index contributed by atoms with van der Waals surface area (Å²) in [5, 5.41) is 14.6. The summed E-state index contributed by atoms with van der Waals surface area (Å²) in [6, 6.07) is 16.5. The second-order valence-electron chi connectivity index (χ2n) is 4.24. The Kier molecular flexibility index (Phi) is 4.78. The van der Waals surface area contributed by atoms with Gasteiger partial charge in [0.15, 0.2) is 0 Å². The number of carbonyl (C=O) groups excluding carboxylic acids is 1. The normalized spacial score (nSPS) is 9.52. The molecule has 106 valence electrons. The summed E-state index contributed by atoms with van der Waals surface area (Å²) < 4.78 is 4.80. The summed E-state index contributed by atoms with van der Waals surface area (Å²) in [6.45, 7) is 2.09. The van der Waals surface area contributed by atoms with Crippen molar-refractivity contribution >= 4 is 23.2 Å². The number of nitrogens with one attached hydrogen (secondary N) is 2. The van der Waals surface area contributed by atoms with Crippen molar-refractivity contribution in [3.8, 4) is 6.07 Å². The van der Waals surface area contributed by atoms with E-state index in [0.29, 0.717) is 17.9 Å². The summed E-state index contributed by atoms with van der Waals surface area (Å²) >= 11 is 0. The van der Waals surface area contributed by atoms with Crippen molar-refractivity contribution in [3.05, 3.63) is 54.1 Å². The molecule has 0 radical (unpaired) electrons.